The topological polar surface area (TPSA) is 88.3 Å². The van der Waals surface area contributed by atoms with Gasteiger partial charge in [0.2, 0.25) is 0 Å². The van der Waals surface area contributed by atoms with E-state index in [1.165, 1.54) is 23.5 Å². The molecule has 0 aliphatic rings. The number of aromatic nitrogens is 1. The number of nitrogens with zero attached hydrogens (tertiary/aromatic N) is 2. The third-order valence-corrected chi connectivity index (χ3v) is 5.45. The number of aryl methyl sites for hydroxylation is 1. The van der Waals surface area contributed by atoms with E-state index in [2.05, 4.69) is 10.3 Å². The maximum Gasteiger partial charge on any atom is 0.269 e. The molecule has 3 aromatic carbocycles. The highest BCUT2D eigenvalue weighted by Gasteiger charge is 2.22. The van der Waals surface area contributed by atoms with Crippen LogP contribution in [-0.2, 0) is 0 Å². The van der Waals surface area contributed by atoms with Crippen molar-refractivity contribution < 1.29 is 10.0 Å². The summed E-state index contributed by atoms with van der Waals surface area (Å²) < 4.78 is 0. The fourth-order valence-corrected chi connectivity index (χ4v) is 3.96. The maximum atomic E-state index is 11.0. The summed E-state index contributed by atoms with van der Waals surface area (Å²) in [6, 6.07) is 17.3. The van der Waals surface area contributed by atoms with Gasteiger partial charge in [0.05, 0.1) is 16.7 Å². The predicted octanol–water partition coefficient (Wildman–Crippen LogP) is 5.42. The number of nitro benzene ring substituents is 1. The van der Waals surface area contributed by atoms with E-state index in [9.17, 15) is 15.2 Å². The number of thiazole rings is 1. The van der Waals surface area contributed by atoms with Gasteiger partial charge in [0.1, 0.15) is 5.75 Å². The lowest BCUT2D eigenvalue weighted by Crippen LogP contribution is -2.13. The van der Waals surface area contributed by atoms with Crippen LogP contribution in [0.1, 0.15) is 22.9 Å². The van der Waals surface area contributed by atoms with Crippen LogP contribution in [0.15, 0.2) is 66.0 Å². The van der Waals surface area contributed by atoms with E-state index < -0.39 is 11.0 Å². The van der Waals surface area contributed by atoms with Gasteiger partial charge >= 0.3 is 0 Å². The van der Waals surface area contributed by atoms with Crippen molar-refractivity contribution in [1.82, 2.24) is 4.98 Å². The lowest BCUT2D eigenvalue weighted by molar-refractivity contribution is -0.384. The molecule has 0 bridgehead atoms. The van der Waals surface area contributed by atoms with Gasteiger partial charge in [0.25, 0.3) is 5.69 Å². The summed E-state index contributed by atoms with van der Waals surface area (Å²) in [4.78, 5) is 15.1. The Morgan fingerprint density at radius 1 is 1.11 bits per heavy atom. The number of hydrogen-bond donors (Lipinski definition) is 2. The molecule has 140 valence electrons. The number of nitro groups is 1. The highest BCUT2D eigenvalue weighted by Crippen LogP contribution is 2.38. The van der Waals surface area contributed by atoms with Crippen molar-refractivity contribution in [2.45, 2.75) is 13.0 Å². The third kappa shape index (κ3) is 3.39. The molecule has 0 spiro atoms. The van der Waals surface area contributed by atoms with Gasteiger partial charge in [0, 0.05) is 23.1 Å². The number of fused-ring (bicyclic) bond motifs is 1. The van der Waals surface area contributed by atoms with Crippen LogP contribution in [0, 0.1) is 17.0 Å². The van der Waals surface area contributed by atoms with Crippen molar-refractivity contribution >= 4 is 32.9 Å². The number of phenols is 1. The molecule has 0 radical (unpaired) electrons. The summed E-state index contributed by atoms with van der Waals surface area (Å²) in [6.45, 7) is 1.91. The Morgan fingerprint density at radius 2 is 1.86 bits per heavy atom. The monoisotopic (exact) mass is 391 g/mol. The van der Waals surface area contributed by atoms with Gasteiger partial charge < -0.3 is 10.4 Å². The van der Waals surface area contributed by atoms with Crippen LogP contribution in [0.5, 0.6) is 5.75 Å². The van der Waals surface area contributed by atoms with Gasteiger partial charge in [-0.1, -0.05) is 30.3 Å². The highest BCUT2D eigenvalue weighted by molar-refractivity contribution is 7.13. The predicted molar refractivity (Wildman–Crippen MR) is 111 cm³/mol. The molecule has 28 heavy (non-hydrogen) atoms. The van der Waals surface area contributed by atoms with Crippen molar-refractivity contribution in [3.05, 3.63) is 93.0 Å². The minimum atomic E-state index is -0.425. The van der Waals surface area contributed by atoms with Gasteiger partial charge in [-0.3, -0.25) is 10.1 Å². The number of anilines is 1. The number of nitrogens with one attached hydrogen (secondary N) is 1. The van der Waals surface area contributed by atoms with Crippen LogP contribution in [0.3, 0.4) is 0 Å². The zero-order valence-corrected chi connectivity index (χ0v) is 15.8. The quantitative estimate of drug-likeness (QED) is 0.350. The second-order valence-corrected chi connectivity index (χ2v) is 7.30. The van der Waals surface area contributed by atoms with E-state index in [4.69, 9.17) is 0 Å². The van der Waals surface area contributed by atoms with E-state index in [0.717, 1.165) is 22.0 Å². The summed E-state index contributed by atoms with van der Waals surface area (Å²) in [5, 5.41) is 29.7. The summed E-state index contributed by atoms with van der Waals surface area (Å²) in [5.41, 5.74) is 2.43. The van der Waals surface area contributed by atoms with Crippen LogP contribution >= 0.6 is 11.3 Å². The fourth-order valence-electron chi connectivity index (χ4n) is 3.24. The van der Waals surface area contributed by atoms with Crippen LogP contribution in [0.2, 0.25) is 0 Å². The van der Waals surface area contributed by atoms with E-state index in [1.54, 1.807) is 18.2 Å². The van der Waals surface area contributed by atoms with Crippen molar-refractivity contribution in [3.8, 4) is 5.75 Å². The first-order valence-electron chi connectivity index (χ1n) is 8.66. The average molecular weight is 391 g/mol. The molecule has 2 N–H and O–H groups in total. The zero-order chi connectivity index (χ0) is 19.7. The molecule has 4 aromatic rings. The number of non-ortho nitro benzene ring substituents is 1. The third-order valence-electron chi connectivity index (χ3n) is 4.56. The van der Waals surface area contributed by atoms with E-state index in [0.29, 0.717) is 10.7 Å². The Labute approximate surface area is 165 Å². The minimum absolute atomic E-state index is 0.0229. The molecule has 6 nitrogen and oxygen atoms in total. The molecule has 1 unspecified atom stereocenters. The molecule has 1 atom stereocenters. The lowest BCUT2D eigenvalue weighted by atomic mass is 9.92. The number of aromatic hydroxyl groups is 1. The Hall–Kier alpha value is -3.45. The molecule has 0 fully saturated rings. The Balaban J connectivity index is 1.88. The minimum Gasteiger partial charge on any atom is -0.508 e. The molecular weight excluding hydrogens is 374 g/mol. The van der Waals surface area contributed by atoms with Crippen LogP contribution in [0.25, 0.3) is 10.8 Å². The fraction of sp³-hybridized carbons (Fsp3) is 0.0952. The smallest absolute Gasteiger partial charge is 0.269 e. The molecular formula is C21H17N3O3S. The maximum absolute atomic E-state index is 11.0. The highest BCUT2D eigenvalue weighted by atomic mass is 32.1. The number of hydrogen-bond acceptors (Lipinski definition) is 6. The average Bonchev–Trinajstić information content (AvgIpc) is 3.11. The van der Waals surface area contributed by atoms with Gasteiger partial charge in [-0.25, -0.2) is 4.98 Å². The van der Waals surface area contributed by atoms with Crippen LogP contribution in [-0.4, -0.2) is 15.0 Å². The Morgan fingerprint density at radius 3 is 2.54 bits per heavy atom. The standard InChI is InChI=1S/C21H17N3O3S/c1-13-12-28-21(22-13)23-20(15-6-9-16(10-7-15)24(26)27)19-17-5-3-2-4-14(17)8-11-18(19)25/h2-12,20,25H,1H3,(H,22,23). The van der Waals surface area contributed by atoms with Crippen molar-refractivity contribution in [2.75, 3.05) is 5.32 Å². The SMILES string of the molecule is Cc1csc(NC(c2ccc([N+](=O)[O-])cc2)c2c(O)ccc3ccccc23)n1. The van der Waals surface area contributed by atoms with Gasteiger partial charge in [-0.2, -0.15) is 0 Å². The summed E-state index contributed by atoms with van der Waals surface area (Å²) in [6.07, 6.45) is 0. The largest absolute Gasteiger partial charge is 0.508 e. The molecule has 1 aromatic heterocycles. The Kier molecular flexibility index (Phi) is 4.67. The van der Waals surface area contributed by atoms with E-state index in [1.807, 2.05) is 42.6 Å². The normalized spacial score (nSPS) is 12.0. The Bertz CT molecular complexity index is 1160. The zero-order valence-electron chi connectivity index (χ0n) is 15.0. The second-order valence-electron chi connectivity index (χ2n) is 6.44. The van der Waals surface area contributed by atoms with Gasteiger partial charge in [-0.15, -0.1) is 11.3 Å². The second kappa shape index (κ2) is 7.28. The lowest BCUT2D eigenvalue weighted by Gasteiger charge is -2.22. The van der Waals surface area contributed by atoms with Gasteiger partial charge in [-0.05, 0) is 41.5 Å². The molecule has 0 saturated carbocycles. The number of benzene rings is 3. The summed E-state index contributed by atoms with van der Waals surface area (Å²) in [7, 11) is 0. The molecule has 7 heteroatoms. The molecule has 4 rings (SSSR count). The molecule has 0 saturated heterocycles. The number of rotatable bonds is 5. The first-order chi connectivity index (χ1) is 13.5. The number of phenolic OH excluding ortho intramolecular Hbond substituents is 1. The van der Waals surface area contributed by atoms with Crippen molar-refractivity contribution in [2.24, 2.45) is 0 Å². The molecule has 1 heterocycles. The van der Waals surface area contributed by atoms with E-state index >= 15 is 0 Å². The molecule has 0 aliphatic carbocycles. The molecule has 0 amide bonds. The first-order valence-corrected chi connectivity index (χ1v) is 9.54. The first kappa shape index (κ1) is 17.9. The van der Waals surface area contributed by atoms with Gasteiger partial charge in [0.15, 0.2) is 5.13 Å². The van der Waals surface area contributed by atoms with Crippen LogP contribution < -0.4 is 5.32 Å². The summed E-state index contributed by atoms with van der Waals surface area (Å²) in [5.74, 6) is 0.155. The van der Waals surface area contributed by atoms with E-state index in [-0.39, 0.29) is 11.4 Å². The summed E-state index contributed by atoms with van der Waals surface area (Å²) >= 11 is 1.47. The molecule has 0 aliphatic heterocycles. The van der Waals surface area contributed by atoms with Crippen molar-refractivity contribution in [1.29, 1.82) is 0 Å². The van der Waals surface area contributed by atoms with Crippen molar-refractivity contribution in [3.63, 3.8) is 0 Å². The van der Waals surface area contributed by atoms with Crippen LogP contribution in [0.4, 0.5) is 10.8 Å².